The van der Waals surface area contributed by atoms with E-state index in [4.69, 9.17) is 0 Å². The highest BCUT2D eigenvalue weighted by Gasteiger charge is 2.15. The molecular formula is C19H22N2O2S. The summed E-state index contributed by atoms with van der Waals surface area (Å²) in [6, 6.07) is 13.1. The van der Waals surface area contributed by atoms with Gasteiger partial charge in [-0.3, -0.25) is 9.59 Å². The van der Waals surface area contributed by atoms with Crippen molar-refractivity contribution in [3.8, 4) is 0 Å². The molecule has 1 N–H and O–H groups in total. The largest absolute Gasteiger partial charge is 0.332 e. The summed E-state index contributed by atoms with van der Waals surface area (Å²) in [7, 11) is 1.63. The Morgan fingerprint density at radius 3 is 2.38 bits per heavy atom. The van der Waals surface area contributed by atoms with Crippen molar-refractivity contribution in [1.82, 2.24) is 4.90 Å². The first-order valence-electron chi connectivity index (χ1n) is 7.68. The topological polar surface area (TPSA) is 49.4 Å². The molecule has 0 aliphatic carbocycles. The van der Waals surface area contributed by atoms with Crippen LogP contribution in [0.25, 0.3) is 0 Å². The van der Waals surface area contributed by atoms with E-state index in [0.29, 0.717) is 5.56 Å². The van der Waals surface area contributed by atoms with Gasteiger partial charge in [-0.2, -0.15) is 0 Å². The zero-order chi connectivity index (χ0) is 17.7. The Bertz CT molecular complexity index is 742. The first-order valence-corrected chi connectivity index (χ1v) is 8.90. The number of thioether (sulfide) groups is 1. The fraction of sp³-hybridized carbons (Fsp3) is 0.263. The van der Waals surface area contributed by atoms with E-state index in [1.807, 2.05) is 50.4 Å². The third-order valence-electron chi connectivity index (χ3n) is 3.94. The normalized spacial score (nSPS) is 10.3. The third-order valence-corrected chi connectivity index (χ3v) is 4.69. The number of carbonyl (C=O) groups is 2. The molecular weight excluding hydrogens is 320 g/mol. The molecule has 0 radical (unpaired) electrons. The Hall–Kier alpha value is -2.27. The van der Waals surface area contributed by atoms with Crippen molar-refractivity contribution in [3.63, 3.8) is 0 Å². The zero-order valence-electron chi connectivity index (χ0n) is 14.4. The second-order valence-corrected chi connectivity index (χ2v) is 6.57. The zero-order valence-corrected chi connectivity index (χ0v) is 15.2. The van der Waals surface area contributed by atoms with Gasteiger partial charge in [0.1, 0.15) is 0 Å². The third kappa shape index (κ3) is 4.38. The molecule has 2 aromatic rings. The molecule has 0 spiro atoms. The molecule has 0 aliphatic heterocycles. The van der Waals surface area contributed by atoms with Gasteiger partial charge in [0.25, 0.3) is 5.91 Å². The van der Waals surface area contributed by atoms with E-state index in [1.165, 1.54) is 4.90 Å². The molecule has 0 saturated heterocycles. The summed E-state index contributed by atoms with van der Waals surface area (Å²) in [5.74, 6) is -0.376. The number of nitrogens with one attached hydrogen (secondary N) is 1. The molecule has 2 amide bonds. The number of aryl methyl sites for hydroxylation is 1. The second kappa shape index (κ2) is 8.02. The highest BCUT2D eigenvalue weighted by molar-refractivity contribution is 7.98. The van der Waals surface area contributed by atoms with Crippen LogP contribution in [0.3, 0.4) is 0 Å². The molecule has 0 aromatic heterocycles. The summed E-state index contributed by atoms with van der Waals surface area (Å²) < 4.78 is 0. The number of nitrogens with zero attached hydrogens (tertiary/aromatic N) is 1. The Labute approximate surface area is 147 Å². The van der Waals surface area contributed by atoms with E-state index in [0.717, 1.165) is 21.7 Å². The van der Waals surface area contributed by atoms with Crippen molar-refractivity contribution in [2.45, 2.75) is 18.7 Å². The Balaban J connectivity index is 1.99. The lowest BCUT2D eigenvalue weighted by Gasteiger charge is -2.18. The van der Waals surface area contributed by atoms with E-state index in [-0.39, 0.29) is 18.4 Å². The smallest absolute Gasteiger partial charge is 0.254 e. The Morgan fingerprint density at radius 2 is 1.75 bits per heavy atom. The van der Waals surface area contributed by atoms with Crippen molar-refractivity contribution in [1.29, 1.82) is 0 Å². The van der Waals surface area contributed by atoms with Crippen LogP contribution in [0.5, 0.6) is 0 Å². The number of benzene rings is 2. The van der Waals surface area contributed by atoms with Crippen molar-refractivity contribution >= 4 is 29.3 Å². The molecule has 0 heterocycles. The molecule has 0 atom stereocenters. The highest BCUT2D eigenvalue weighted by Crippen LogP contribution is 2.18. The average Bonchev–Trinajstić information content (AvgIpc) is 2.58. The fourth-order valence-corrected chi connectivity index (χ4v) is 2.73. The monoisotopic (exact) mass is 342 g/mol. The Kier molecular flexibility index (Phi) is 6.04. The summed E-state index contributed by atoms with van der Waals surface area (Å²) >= 11 is 1.62. The summed E-state index contributed by atoms with van der Waals surface area (Å²) in [6.45, 7) is 3.97. The van der Waals surface area contributed by atoms with E-state index < -0.39 is 0 Å². The van der Waals surface area contributed by atoms with Crippen molar-refractivity contribution in [2.75, 3.05) is 25.2 Å². The maximum Gasteiger partial charge on any atom is 0.254 e. The summed E-state index contributed by atoms with van der Waals surface area (Å²) in [4.78, 5) is 27.1. The van der Waals surface area contributed by atoms with Gasteiger partial charge < -0.3 is 10.2 Å². The van der Waals surface area contributed by atoms with Gasteiger partial charge in [0.2, 0.25) is 5.91 Å². The van der Waals surface area contributed by atoms with Gasteiger partial charge in [0.05, 0.1) is 6.54 Å². The number of anilines is 1. The SMILES string of the molecule is CSc1ccc(C(=O)N(C)CC(=O)Nc2cccc(C)c2C)cc1. The standard InChI is InChI=1S/C19H22N2O2S/c1-13-6-5-7-17(14(13)2)20-18(22)12-21(3)19(23)15-8-10-16(24-4)11-9-15/h5-11H,12H2,1-4H3,(H,20,22). The number of hydrogen-bond acceptors (Lipinski definition) is 3. The second-order valence-electron chi connectivity index (χ2n) is 5.69. The van der Waals surface area contributed by atoms with Crippen LogP contribution in [0.4, 0.5) is 5.69 Å². The number of carbonyl (C=O) groups excluding carboxylic acids is 2. The predicted molar refractivity (Wildman–Crippen MR) is 99.7 cm³/mol. The molecule has 0 bridgehead atoms. The lowest BCUT2D eigenvalue weighted by atomic mass is 10.1. The Morgan fingerprint density at radius 1 is 1.08 bits per heavy atom. The van der Waals surface area contributed by atoms with Crippen LogP contribution in [0.2, 0.25) is 0 Å². The summed E-state index contributed by atoms with van der Waals surface area (Å²) in [6.07, 6.45) is 1.99. The van der Waals surface area contributed by atoms with Crippen LogP contribution in [-0.2, 0) is 4.79 Å². The molecule has 4 nitrogen and oxygen atoms in total. The average molecular weight is 342 g/mol. The van der Waals surface area contributed by atoms with Gasteiger partial charge in [0, 0.05) is 23.2 Å². The maximum absolute atomic E-state index is 12.4. The van der Waals surface area contributed by atoms with Gasteiger partial charge in [-0.05, 0) is 61.6 Å². The van der Waals surface area contributed by atoms with E-state index in [1.54, 1.807) is 30.9 Å². The van der Waals surface area contributed by atoms with Gasteiger partial charge in [-0.15, -0.1) is 11.8 Å². The fourth-order valence-electron chi connectivity index (χ4n) is 2.32. The number of likely N-dealkylation sites (N-methyl/N-ethyl adjacent to an activating group) is 1. The van der Waals surface area contributed by atoms with Gasteiger partial charge in [-0.25, -0.2) is 0 Å². The lowest BCUT2D eigenvalue weighted by molar-refractivity contribution is -0.116. The van der Waals surface area contributed by atoms with Crippen LogP contribution in [-0.4, -0.2) is 36.6 Å². The minimum atomic E-state index is -0.208. The van der Waals surface area contributed by atoms with E-state index >= 15 is 0 Å². The van der Waals surface area contributed by atoms with Gasteiger partial charge >= 0.3 is 0 Å². The number of rotatable bonds is 5. The maximum atomic E-state index is 12.4. The van der Waals surface area contributed by atoms with Crippen LogP contribution in [0.1, 0.15) is 21.5 Å². The summed E-state index contributed by atoms with van der Waals surface area (Å²) in [5, 5.41) is 2.87. The minimum Gasteiger partial charge on any atom is -0.332 e. The van der Waals surface area contributed by atoms with Crippen molar-refractivity contribution in [2.24, 2.45) is 0 Å². The molecule has 126 valence electrons. The summed E-state index contributed by atoms with van der Waals surface area (Å²) in [5.41, 5.74) is 3.51. The van der Waals surface area contributed by atoms with E-state index in [9.17, 15) is 9.59 Å². The molecule has 0 saturated carbocycles. The van der Waals surface area contributed by atoms with Crippen LogP contribution in [0, 0.1) is 13.8 Å². The minimum absolute atomic E-state index is 0.0104. The lowest BCUT2D eigenvalue weighted by Crippen LogP contribution is -2.35. The van der Waals surface area contributed by atoms with Crippen LogP contribution < -0.4 is 5.32 Å². The van der Waals surface area contributed by atoms with Crippen LogP contribution >= 0.6 is 11.8 Å². The first kappa shape index (κ1) is 18.1. The highest BCUT2D eigenvalue weighted by atomic mass is 32.2. The quantitative estimate of drug-likeness (QED) is 0.842. The molecule has 0 fully saturated rings. The van der Waals surface area contributed by atoms with Crippen LogP contribution in [0.15, 0.2) is 47.4 Å². The number of amides is 2. The number of hydrogen-bond donors (Lipinski definition) is 1. The molecule has 5 heteroatoms. The van der Waals surface area contributed by atoms with Crippen molar-refractivity contribution < 1.29 is 9.59 Å². The molecule has 0 aliphatic rings. The van der Waals surface area contributed by atoms with E-state index in [2.05, 4.69) is 5.32 Å². The first-order chi connectivity index (χ1) is 11.4. The predicted octanol–water partition coefficient (Wildman–Crippen LogP) is 3.74. The molecule has 0 unspecified atom stereocenters. The van der Waals surface area contributed by atoms with Gasteiger partial charge in [-0.1, -0.05) is 12.1 Å². The molecule has 2 rings (SSSR count). The molecule has 2 aromatic carbocycles. The molecule has 24 heavy (non-hydrogen) atoms. The van der Waals surface area contributed by atoms with Gasteiger partial charge in [0.15, 0.2) is 0 Å². The van der Waals surface area contributed by atoms with Crippen molar-refractivity contribution in [3.05, 3.63) is 59.2 Å².